The van der Waals surface area contributed by atoms with Crippen molar-refractivity contribution in [1.82, 2.24) is 20.4 Å². The zero-order chi connectivity index (χ0) is 20.3. The van der Waals surface area contributed by atoms with Gasteiger partial charge in [-0.3, -0.25) is 19.4 Å². The van der Waals surface area contributed by atoms with Gasteiger partial charge in [0.2, 0.25) is 5.91 Å². The second-order valence-corrected chi connectivity index (χ2v) is 9.34. The Morgan fingerprint density at radius 1 is 1.21 bits per heavy atom. The van der Waals surface area contributed by atoms with E-state index < -0.39 is 5.54 Å². The van der Waals surface area contributed by atoms with Crippen LogP contribution in [0.2, 0.25) is 0 Å². The van der Waals surface area contributed by atoms with Crippen LogP contribution in [-0.2, 0) is 9.59 Å². The SMILES string of the molecule is O=C(CCCN1C(=O)NC2(CCCC2)C1=O)NCC(c1cccs1)N1CCCC1. The summed E-state index contributed by atoms with van der Waals surface area (Å²) >= 11 is 1.73. The minimum absolute atomic E-state index is 0.0200. The first-order valence-corrected chi connectivity index (χ1v) is 11.7. The number of rotatable bonds is 8. The molecule has 1 saturated carbocycles. The van der Waals surface area contributed by atoms with Gasteiger partial charge in [0.15, 0.2) is 0 Å². The fourth-order valence-corrected chi connectivity index (χ4v) is 5.70. The molecule has 3 aliphatic rings. The minimum atomic E-state index is -0.664. The van der Waals surface area contributed by atoms with Gasteiger partial charge in [-0.25, -0.2) is 4.79 Å². The Kier molecular flexibility index (Phi) is 6.20. The topological polar surface area (TPSA) is 81.8 Å². The number of nitrogens with zero attached hydrogens (tertiary/aromatic N) is 2. The molecule has 8 heteroatoms. The predicted octanol–water partition coefficient (Wildman–Crippen LogP) is 2.65. The molecule has 3 heterocycles. The second-order valence-electron chi connectivity index (χ2n) is 8.36. The maximum atomic E-state index is 12.6. The molecule has 2 N–H and O–H groups in total. The van der Waals surface area contributed by atoms with Crippen molar-refractivity contribution >= 4 is 29.2 Å². The van der Waals surface area contributed by atoms with Crippen molar-refractivity contribution in [3.63, 3.8) is 0 Å². The zero-order valence-corrected chi connectivity index (χ0v) is 17.6. The molecular formula is C21H30N4O3S. The Bertz CT molecular complexity index is 739. The molecular weight excluding hydrogens is 388 g/mol. The van der Waals surface area contributed by atoms with Gasteiger partial charge in [0.1, 0.15) is 5.54 Å². The third kappa shape index (κ3) is 4.33. The van der Waals surface area contributed by atoms with Crippen molar-refractivity contribution in [2.75, 3.05) is 26.2 Å². The molecule has 158 valence electrons. The number of carbonyl (C=O) groups excluding carboxylic acids is 3. The standard InChI is InChI=1S/C21H30N4O3S/c26-18(22-15-16(17-7-6-14-29-17)24-11-3-4-12-24)8-5-13-25-19(27)21(23-20(25)28)9-1-2-10-21/h6-7,14,16H,1-5,8-13,15H2,(H,22,26)(H,23,28). The molecule has 1 spiro atoms. The van der Waals surface area contributed by atoms with Gasteiger partial charge in [-0.05, 0) is 56.6 Å². The third-order valence-electron chi connectivity index (χ3n) is 6.43. The molecule has 4 rings (SSSR count). The van der Waals surface area contributed by atoms with E-state index in [1.807, 2.05) is 0 Å². The van der Waals surface area contributed by atoms with Crippen molar-refractivity contribution < 1.29 is 14.4 Å². The van der Waals surface area contributed by atoms with E-state index in [9.17, 15) is 14.4 Å². The first kappa shape index (κ1) is 20.3. The van der Waals surface area contributed by atoms with Gasteiger partial charge in [0.25, 0.3) is 5.91 Å². The Morgan fingerprint density at radius 2 is 1.97 bits per heavy atom. The lowest BCUT2D eigenvalue weighted by Crippen LogP contribution is -2.44. The molecule has 0 aromatic carbocycles. The first-order chi connectivity index (χ1) is 14.1. The van der Waals surface area contributed by atoms with Crippen molar-refractivity contribution in [1.29, 1.82) is 0 Å². The van der Waals surface area contributed by atoms with Crippen LogP contribution in [0.3, 0.4) is 0 Å². The van der Waals surface area contributed by atoms with Crippen LogP contribution < -0.4 is 10.6 Å². The highest BCUT2D eigenvalue weighted by Crippen LogP contribution is 2.35. The summed E-state index contributed by atoms with van der Waals surface area (Å²) in [6, 6.07) is 4.12. The van der Waals surface area contributed by atoms with Crippen LogP contribution in [0.15, 0.2) is 17.5 Å². The molecule has 1 aliphatic carbocycles. The smallest absolute Gasteiger partial charge is 0.325 e. The molecule has 7 nitrogen and oxygen atoms in total. The number of amides is 4. The van der Waals surface area contributed by atoms with Gasteiger partial charge >= 0.3 is 6.03 Å². The molecule has 2 aliphatic heterocycles. The summed E-state index contributed by atoms with van der Waals surface area (Å²) in [5, 5.41) is 8.03. The molecule has 1 aromatic rings. The Hall–Kier alpha value is -1.93. The lowest BCUT2D eigenvalue weighted by atomic mass is 9.98. The van der Waals surface area contributed by atoms with Gasteiger partial charge in [-0.15, -0.1) is 11.3 Å². The number of nitrogens with one attached hydrogen (secondary N) is 2. The average Bonchev–Trinajstić information content (AvgIpc) is 3.49. The normalized spacial score (nSPS) is 22.4. The van der Waals surface area contributed by atoms with Crippen molar-refractivity contribution in [2.45, 2.75) is 62.9 Å². The van der Waals surface area contributed by atoms with Crippen LogP contribution in [0, 0.1) is 0 Å². The molecule has 3 fully saturated rings. The van der Waals surface area contributed by atoms with E-state index in [0.29, 0.717) is 25.9 Å². The third-order valence-corrected chi connectivity index (χ3v) is 7.41. The number of thiophene rings is 1. The predicted molar refractivity (Wildman–Crippen MR) is 112 cm³/mol. The van der Waals surface area contributed by atoms with Crippen molar-refractivity contribution in [2.24, 2.45) is 0 Å². The maximum Gasteiger partial charge on any atom is 0.325 e. The molecule has 2 saturated heterocycles. The molecule has 0 bridgehead atoms. The number of imide groups is 1. The largest absolute Gasteiger partial charge is 0.354 e. The number of urea groups is 1. The highest BCUT2D eigenvalue weighted by molar-refractivity contribution is 7.10. The number of hydrogen-bond donors (Lipinski definition) is 2. The van der Waals surface area contributed by atoms with E-state index in [2.05, 4.69) is 33.0 Å². The van der Waals surface area contributed by atoms with E-state index >= 15 is 0 Å². The van der Waals surface area contributed by atoms with Gasteiger partial charge < -0.3 is 10.6 Å². The summed E-state index contributed by atoms with van der Waals surface area (Å²) in [7, 11) is 0. The monoisotopic (exact) mass is 418 g/mol. The fraction of sp³-hybridized carbons (Fsp3) is 0.667. The summed E-state index contributed by atoms with van der Waals surface area (Å²) in [5.41, 5.74) is -0.664. The van der Waals surface area contributed by atoms with E-state index in [0.717, 1.165) is 38.8 Å². The molecule has 1 atom stereocenters. The molecule has 0 radical (unpaired) electrons. The van der Waals surface area contributed by atoms with Crippen LogP contribution in [0.4, 0.5) is 4.79 Å². The summed E-state index contributed by atoms with van der Waals surface area (Å²) in [6.07, 6.45) is 6.65. The van der Waals surface area contributed by atoms with Crippen molar-refractivity contribution in [3.05, 3.63) is 22.4 Å². The first-order valence-electron chi connectivity index (χ1n) is 10.8. The van der Waals surface area contributed by atoms with E-state index in [-0.39, 0.29) is 23.9 Å². The van der Waals surface area contributed by atoms with E-state index in [4.69, 9.17) is 0 Å². The average molecular weight is 419 g/mol. The van der Waals surface area contributed by atoms with E-state index in [1.54, 1.807) is 11.3 Å². The highest BCUT2D eigenvalue weighted by atomic mass is 32.1. The van der Waals surface area contributed by atoms with Crippen LogP contribution >= 0.6 is 11.3 Å². The zero-order valence-electron chi connectivity index (χ0n) is 16.8. The van der Waals surface area contributed by atoms with Crippen LogP contribution in [0.1, 0.15) is 62.3 Å². The quantitative estimate of drug-likeness (QED) is 0.636. The summed E-state index contributed by atoms with van der Waals surface area (Å²) in [6.45, 7) is 3.06. The van der Waals surface area contributed by atoms with Crippen LogP contribution in [-0.4, -0.2) is 59.4 Å². The molecule has 1 aromatic heterocycles. The minimum Gasteiger partial charge on any atom is -0.354 e. The van der Waals surface area contributed by atoms with Crippen LogP contribution in [0.25, 0.3) is 0 Å². The van der Waals surface area contributed by atoms with E-state index in [1.165, 1.54) is 22.6 Å². The Morgan fingerprint density at radius 3 is 2.66 bits per heavy atom. The molecule has 29 heavy (non-hydrogen) atoms. The van der Waals surface area contributed by atoms with Crippen molar-refractivity contribution in [3.8, 4) is 0 Å². The summed E-state index contributed by atoms with van der Waals surface area (Å²) in [4.78, 5) is 42.3. The summed E-state index contributed by atoms with van der Waals surface area (Å²) in [5.74, 6) is -0.124. The fourth-order valence-electron chi connectivity index (χ4n) is 4.84. The number of carbonyl (C=O) groups is 3. The van der Waals surface area contributed by atoms with Gasteiger partial charge in [-0.2, -0.15) is 0 Å². The highest BCUT2D eigenvalue weighted by Gasteiger charge is 2.52. The van der Waals surface area contributed by atoms with Gasteiger partial charge in [0.05, 0.1) is 6.04 Å². The van der Waals surface area contributed by atoms with Crippen LogP contribution in [0.5, 0.6) is 0 Å². The second kappa shape index (κ2) is 8.83. The number of likely N-dealkylation sites (tertiary alicyclic amines) is 1. The Labute approximate surface area is 175 Å². The molecule has 4 amide bonds. The maximum absolute atomic E-state index is 12.6. The Balaban J connectivity index is 1.24. The molecule has 1 unspecified atom stereocenters. The summed E-state index contributed by atoms with van der Waals surface area (Å²) < 4.78 is 0. The van der Waals surface area contributed by atoms with Gasteiger partial charge in [-0.1, -0.05) is 18.9 Å². The number of hydrogen-bond acceptors (Lipinski definition) is 5. The lowest BCUT2D eigenvalue weighted by Gasteiger charge is -2.27. The van der Waals surface area contributed by atoms with Gasteiger partial charge in [0, 0.05) is 24.4 Å². The lowest BCUT2D eigenvalue weighted by molar-refractivity contribution is -0.131.